The van der Waals surface area contributed by atoms with Gasteiger partial charge in [0.2, 0.25) is 17.7 Å². The van der Waals surface area contributed by atoms with Crippen LogP contribution in [0.1, 0.15) is 59.8 Å². The minimum atomic E-state index is -0.771. The highest BCUT2D eigenvalue weighted by atomic mass is 127. The maximum Gasteiger partial charge on any atom is 0.312 e. The maximum absolute atomic E-state index is 12.9. The third-order valence-electron chi connectivity index (χ3n) is 4.74. The molecule has 0 bridgehead atoms. The zero-order valence-electron chi connectivity index (χ0n) is 19.5. The number of primary amides is 1. The second kappa shape index (κ2) is 16.7. The Morgan fingerprint density at radius 2 is 1.47 bits per heavy atom. The molecule has 11 heteroatoms. The molecule has 0 saturated carbocycles. The average Bonchev–Trinajstić information content (AvgIpc) is 2.72. The van der Waals surface area contributed by atoms with Gasteiger partial charge in [0.15, 0.2) is 5.78 Å². The molecule has 184 valence electrons. The van der Waals surface area contributed by atoms with Gasteiger partial charge in [0.1, 0.15) is 6.04 Å². The van der Waals surface area contributed by atoms with Crippen LogP contribution in [0.2, 0.25) is 0 Å². The maximum atomic E-state index is 12.9. The number of nitrogens with one attached hydrogen (secondary N) is 4. The molecule has 0 rings (SSSR count). The summed E-state index contributed by atoms with van der Waals surface area (Å²) in [6.07, 6.45) is 2.31. The van der Waals surface area contributed by atoms with Crippen LogP contribution in [-0.4, -0.2) is 59.1 Å². The number of Topliss-reactive ketones (excluding diaryl/α,β-unsaturated/α-hetero) is 1. The topological polar surface area (TPSA) is 159 Å². The lowest BCUT2D eigenvalue weighted by molar-refractivity contribution is -0.133. The molecule has 0 heterocycles. The molecular weight excluding hydrogens is 529 g/mol. The van der Waals surface area contributed by atoms with Crippen LogP contribution in [0.25, 0.3) is 0 Å². The monoisotopic (exact) mass is 567 g/mol. The SMILES string of the molecule is CC(C)C(=O)[C@H](CCCNC(N)=O)NC(=O)[C@@H](NC(=O)CCCCNC(=O)CI)C(C)C. The first-order valence-corrected chi connectivity index (χ1v) is 12.5. The predicted molar refractivity (Wildman–Crippen MR) is 131 cm³/mol. The molecule has 0 spiro atoms. The number of carbonyl (C=O) groups is 5. The van der Waals surface area contributed by atoms with E-state index in [1.165, 1.54) is 0 Å². The van der Waals surface area contributed by atoms with E-state index in [-0.39, 0.29) is 35.9 Å². The van der Waals surface area contributed by atoms with Crippen molar-refractivity contribution in [3.8, 4) is 0 Å². The van der Waals surface area contributed by atoms with E-state index in [1.54, 1.807) is 13.8 Å². The average molecular weight is 567 g/mol. The summed E-state index contributed by atoms with van der Waals surface area (Å²) in [4.78, 5) is 59.7. The summed E-state index contributed by atoms with van der Waals surface area (Å²) in [5, 5.41) is 10.7. The van der Waals surface area contributed by atoms with Crippen molar-refractivity contribution in [2.24, 2.45) is 17.6 Å². The smallest absolute Gasteiger partial charge is 0.312 e. The fourth-order valence-electron chi connectivity index (χ4n) is 2.93. The van der Waals surface area contributed by atoms with Crippen molar-refractivity contribution < 1.29 is 24.0 Å². The molecule has 0 aliphatic heterocycles. The van der Waals surface area contributed by atoms with E-state index in [4.69, 9.17) is 5.73 Å². The van der Waals surface area contributed by atoms with E-state index < -0.39 is 24.0 Å². The van der Waals surface area contributed by atoms with E-state index in [9.17, 15) is 24.0 Å². The van der Waals surface area contributed by atoms with E-state index >= 15 is 0 Å². The third kappa shape index (κ3) is 13.5. The Morgan fingerprint density at radius 1 is 0.844 bits per heavy atom. The molecule has 0 aromatic rings. The van der Waals surface area contributed by atoms with Crippen LogP contribution in [0.5, 0.6) is 0 Å². The highest BCUT2D eigenvalue weighted by Gasteiger charge is 2.29. The van der Waals surface area contributed by atoms with Crippen LogP contribution in [0.3, 0.4) is 0 Å². The molecule has 0 aromatic heterocycles. The minimum Gasteiger partial charge on any atom is -0.355 e. The number of urea groups is 1. The Hall–Kier alpha value is -1.92. The lowest BCUT2D eigenvalue weighted by Gasteiger charge is -2.26. The number of hydrogen-bond acceptors (Lipinski definition) is 5. The van der Waals surface area contributed by atoms with Crippen molar-refractivity contribution in [3.05, 3.63) is 0 Å². The van der Waals surface area contributed by atoms with Crippen LogP contribution in [-0.2, 0) is 19.2 Å². The summed E-state index contributed by atoms with van der Waals surface area (Å²) in [6.45, 7) is 7.96. The van der Waals surface area contributed by atoms with Gasteiger partial charge in [0.25, 0.3) is 0 Å². The number of alkyl halides is 1. The standard InChI is InChI=1S/C21H38IN5O5/c1-13(2)18(27-16(28)9-5-6-10-24-17(29)12-22)20(31)26-15(19(30)14(3)4)8-7-11-25-21(23)32/h13-15,18H,5-12H2,1-4H3,(H,24,29)(H,26,31)(H,27,28)(H3,23,25,32)/t15-,18-/m0/s1. The van der Waals surface area contributed by atoms with Crippen LogP contribution in [0.4, 0.5) is 4.79 Å². The minimum absolute atomic E-state index is 0.0394. The normalized spacial score (nSPS) is 12.7. The van der Waals surface area contributed by atoms with Crippen LogP contribution in [0.15, 0.2) is 0 Å². The van der Waals surface area contributed by atoms with Crippen LogP contribution in [0, 0.1) is 11.8 Å². The highest BCUT2D eigenvalue weighted by molar-refractivity contribution is 14.1. The number of carbonyl (C=O) groups excluding carboxylic acids is 5. The summed E-state index contributed by atoms with van der Waals surface area (Å²) in [5.74, 6) is -1.26. The van der Waals surface area contributed by atoms with E-state index in [2.05, 4.69) is 21.3 Å². The second-order valence-electron chi connectivity index (χ2n) is 8.28. The van der Waals surface area contributed by atoms with Crippen LogP contribution < -0.4 is 27.0 Å². The van der Waals surface area contributed by atoms with E-state index in [0.717, 1.165) is 0 Å². The van der Waals surface area contributed by atoms with Gasteiger partial charge in [-0.15, -0.1) is 0 Å². The first-order valence-electron chi connectivity index (χ1n) is 11.0. The van der Waals surface area contributed by atoms with Gasteiger partial charge in [-0.25, -0.2) is 4.79 Å². The fourth-order valence-corrected chi connectivity index (χ4v) is 3.20. The Bertz CT molecular complexity index is 642. The molecule has 0 radical (unpaired) electrons. The van der Waals surface area contributed by atoms with Crippen molar-refractivity contribution >= 4 is 52.1 Å². The molecule has 10 nitrogen and oxygen atoms in total. The molecule has 6 N–H and O–H groups in total. The molecule has 5 amide bonds. The molecule has 32 heavy (non-hydrogen) atoms. The van der Waals surface area contributed by atoms with Crippen molar-refractivity contribution in [2.75, 3.05) is 17.5 Å². The van der Waals surface area contributed by atoms with Crippen molar-refractivity contribution in [3.63, 3.8) is 0 Å². The summed E-state index contributed by atoms with van der Waals surface area (Å²) in [7, 11) is 0. The molecule has 0 aliphatic rings. The quantitative estimate of drug-likeness (QED) is 0.107. The van der Waals surface area contributed by atoms with E-state index in [1.807, 2.05) is 36.4 Å². The Kier molecular flexibility index (Phi) is 15.7. The third-order valence-corrected chi connectivity index (χ3v) is 5.43. The van der Waals surface area contributed by atoms with Gasteiger partial charge >= 0.3 is 6.03 Å². The number of unbranched alkanes of at least 4 members (excludes halogenated alkanes) is 1. The molecule has 0 fully saturated rings. The Balaban J connectivity index is 4.78. The summed E-state index contributed by atoms with van der Waals surface area (Å²) >= 11 is 1.98. The lowest BCUT2D eigenvalue weighted by Crippen LogP contribution is -2.54. The predicted octanol–water partition coefficient (Wildman–Crippen LogP) is 1.01. The number of nitrogens with two attached hydrogens (primary N) is 1. The number of amides is 5. The molecule has 0 unspecified atom stereocenters. The van der Waals surface area contributed by atoms with Gasteiger partial charge in [-0.05, 0) is 31.6 Å². The van der Waals surface area contributed by atoms with Crippen molar-refractivity contribution in [2.45, 2.75) is 71.9 Å². The molecule has 2 atom stereocenters. The molecule has 0 aliphatic carbocycles. The fraction of sp³-hybridized carbons (Fsp3) is 0.762. The zero-order valence-corrected chi connectivity index (χ0v) is 21.6. The second-order valence-corrected chi connectivity index (χ2v) is 9.04. The Labute approximate surface area is 204 Å². The van der Waals surface area contributed by atoms with Gasteiger partial charge in [0.05, 0.1) is 10.5 Å². The number of hydrogen-bond donors (Lipinski definition) is 5. The number of halogens is 1. The Morgan fingerprint density at radius 3 is 2.00 bits per heavy atom. The van der Waals surface area contributed by atoms with Gasteiger partial charge in [-0.2, -0.15) is 0 Å². The molecular formula is C21H38IN5O5. The lowest BCUT2D eigenvalue weighted by atomic mass is 9.96. The first kappa shape index (κ1) is 30.1. The molecule has 0 aromatic carbocycles. The first-order chi connectivity index (χ1) is 15.0. The number of rotatable bonds is 16. The van der Waals surface area contributed by atoms with Crippen molar-refractivity contribution in [1.82, 2.24) is 21.3 Å². The zero-order chi connectivity index (χ0) is 24.7. The number of ketones is 1. The largest absolute Gasteiger partial charge is 0.355 e. The summed E-state index contributed by atoms with van der Waals surface area (Å²) in [6, 6.07) is -2.12. The van der Waals surface area contributed by atoms with E-state index in [0.29, 0.717) is 43.2 Å². The van der Waals surface area contributed by atoms with Gasteiger partial charge < -0.3 is 27.0 Å². The molecule has 0 saturated heterocycles. The van der Waals surface area contributed by atoms with Gasteiger partial charge in [0, 0.05) is 25.4 Å². The highest BCUT2D eigenvalue weighted by Crippen LogP contribution is 2.09. The van der Waals surface area contributed by atoms with Gasteiger partial charge in [-0.3, -0.25) is 19.2 Å². The van der Waals surface area contributed by atoms with Crippen LogP contribution >= 0.6 is 22.6 Å². The van der Waals surface area contributed by atoms with Gasteiger partial charge in [-0.1, -0.05) is 50.3 Å². The summed E-state index contributed by atoms with van der Waals surface area (Å²) in [5.41, 5.74) is 5.04. The van der Waals surface area contributed by atoms with Crippen molar-refractivity contribution in [1.29, 1.82) is 0 Å². The summed E-state index contributed by atoms with van der Waals surface area (Å²) < 4.78 is 0.394.